The molecule has 0 unspecified atom stereocenters. The minimum absolute atomic E-state index is 0.0908. The van der Waals surface area contributed by atoms with Gasteiger partial charge in [0.25, 0.3) is 0 Å². The molecular formula is C14H23N3O2. The van der Waals surface area contributed by atoms with Crippen LogP contribution in [-0.2, 0) is 6.54 Å². The van der Waals surface area contributed by atoms with Gasteiger partial charge in [-0.2, -0.15) is 0 Å². The van der Waals surface area contributed by atoms with Crippen LogP contribution in [0.3, 0.4) is 0 Å². The Morgan fingerprint density at radius 3 is 2.53 bits per heavy atom. The van der Waals surface area contributed by atoms with E-state index >= 15 is 0 Å². The molecule has 5 heteroatoms. The minimum Gasteiger partial charge on any atom is -0.361 e. The van der Waals surface area contributed by atoms with Gasteiger partial charge in [-0.15, -0.1) is 0 Å². The molecule has 5 nitrogen and oxygen atoms in total. The highest BCUT2D eigenvalue weighted by atomic mass is 16.5. The van der Waals surface area contributed by atoms with Crippen molar-refractivity contribution in [3.8, 4) is 0 Å². The summed E-state index contributed by atoms with van der Waals surface area (Å²) < 4.78 is 5.07. The van der Waals surface area contributed by atoms with Crippen LogP contribution in [0.1, 0.15) is 55.5 Å². The lowest BCUT2D eigenvalue weighted by molar-refractivity contribution is 0.235. The van der Waals surface area contributed by atoms with Gasteiger partial charge in [-0.05, 0) is 26.7 Å². The highest BCUT2D eigenvalue weighted by molar-refractivity contribution is 5.74. The summed E-state index contributed by atoms with van der Waals surface area (Å²) >= 11 is 0. The number of carbonyl (C=O) groups is 1. The van der Waals surface area contributed by atoms with E-state index < -0.39 is 0 Å². The van der Waals surface area contributed by atoms with Crippen molar-refractivity contribution in [1.29, 1.82) is 0 Å². The summed E-state index contributed by atoms with van der Waals surface area (Å²) in [7, 11) is 0. The molecule has 19 heavy (non-hydrogen) atoms. The van der Waals surface area contributed by atoms with Crippen LogP contribution in [0, 0.1) is 13.8 Å². The van der Waals surface area contributed by atoms with Crippen molar-refractivity contribution in [2.45, 2.75) is 65.0 Å². The maximum absolute atomic E-state index is 11.9. The molecule has 0 aliphatic heterocycles. The summed E-state index contributed by atoms with van der Waals surface area (Å²) in [5.41, 5.74) is 1.81. The smallest absolute Gasteiger partial charge is 0.315 e. The first kappa shape index (κ1) is 13.9. The molecule has 0 atom stereocenters. The average molecular weight is 265 g/mol. The molecule has 1 aliphatic rings. The molecule has 2 N–H and O–H groups in total. The number of hydrogen-bond acceptors (Lipinski definition) is 3. The Bertz CT molecular complexity index is 401. The van der Waals surface area contributed by atoms with E-state index in [4.69, 9.17) is 4.52 Å². The molecule has 0 aromatic carbocycles. The first-order chi connectivity index (χ1) is 9.16. The molecule has 0 radical (unpaired) electrons. The third-order valence-electron chi connectivity index (χ3n) is 3.80. The average Bonchev–Trinajstić information content (AvgIpc) is 2.59. The molecule has 0 bridgehead atoms. The van der Waals surface area contributed by atoms with Crippen LogP contribution in [0.4, 0.5) is 4.79 Å². The number of nitrogens with zero attached hydrogens (tertiary/aromatic N) is 1. The predicted molar refractivity (Wildman–Crippen MR) is 72.8 cm³/mol. The molecule has 0 spiro atoms. The predicted octanol–water partition coefficient (Wildman–Crippen LogP) is 2.81. The van der Waals surface area contributed by atoms with Crippen LogP contribution >= 0.6 is 0 Å². The number of hydrogen-bond donors (Lipinski definition) is 2. The molecule has 106 valence electrons. The van der Waals surface area contributed by atoms with Crippen LogP contribution in [0.15, 0.2) is 4.52 Å². The number of nitrogens with one attached hydrogen (secondary N) is 2. The Kier molecular flexibility index (Phi) is 4.82. The zero-order chi connectivity index (χ0) is 13.7. The molecule has 0 saturated heterocycles. The SMILES string of the molecule is Cc1noc(C)c1CNC(=O)NC1CCCCCC1. The van der Waals surface area contributed by atoms with Gasteiger partial charge in [-0.1, -0.05) is 30.8 Å². The Morgan fingerprint density at radius 1 is 1.26 bits per heavy atom. The number of carbonyl (C=O) groups excluding carboxylic acids is 1. The second kappa shape index (κ2) is 6.59. The zero-order valence-corrected chi connectivity index (χ0v) is 11.8. The summed E-state index contributed by atoms with van der Waals surface area (Å²) in [6, 6.07) is 0.235. The molecular weight excluding hydrogens is 242 g/mol. The standard InChI is InChI=1S/C14H23N3O2/c1-10-13(11(2)19-17-10)9-15-14(18)16-12-7-5-3-4-6-8-12/h12H,3-9H2,1-2H3,(H2,15,16,18). The van der Waals surface area contributed by atoms with Gasteiger partial charge in [0.1, 0.15) is 5.76 Å². The van der Waals surface area contributed by atoms with Crippen LogP contribution in [-0.4, -0.2) is 17.2 Å². The summed E-state index contributed by atoms with van der Waals surface area (Å²) in [6.45, 7) is 4.22. The number of aryl methyl sites for hydroxylation is 2. The maximum atomic E-state index is 11.9. The van der Waals surface area contributed by atoms with Gasteiger partial charge in [0, 0.05) is 18.2 Å². The number of urea groups is 1. The fraction of sp³-hybridized carbons (Fsp3) is 0.714. The van der Waals surface area contributed by atoms with Crippen molar-refractivity contribution in [3.05, 3.63) is 17.0 Å². The van der Waals surface area contributed by atoms with E-state index in [-0.39, 0.29) is 6.03 Å². The van der Waals surface area contributed by atoms with Gasteiger partial charge in [0.15, 0.2) is 0 Å². The van der Waals surface area contributed by atoms with Crippen molar-refractivity contribution in [1.82, 2.24) is 15.8 Å². The Balaban J connectivity index is 1.78. The van der Waals surface area contributed by atoms with Crippen molar-refractivity contribution in [2.75, 3.05) is 0 Å². The summed E-state index contributed by atoms with van der Waals surface area (Å²) in [6.07, 6.45) is 7.21. The molecule has 1 saturated carbocycles. The minimum atomic E-state index is -0.0908. The molecule has 1 aliphatic carbocycles. The fourth-order valence-corrected chi connectivity index (χ4v) is 2.58. The molecule has 2 rings (SSSR count). The van der Waals surface area contributed by atoms with E-state index in [1.54, 1.807) is 0 Å². The molecule has 2 amide bonds. The van der Waals surface area contributed by atoms with Gasteiger partial charge in [-0.3, -0.25) is 0 Å². The van der Waals surface area contributed by atoms with Crippen molar-refractivity contribution < 1.29 is 9.32 Å². The summed E-state index contributed by atoms with van der Waals surface area (Å²) in [4.78, 5) is 11.9. The van der Waals surface area contributed by atoms with E-state index in [0.29, 0.717) is 12.6 Å². The van der Waals surface area contributed by atoms with E-state index in [2.05, 4.69) is 15.8 Å². The lowest BCUT2D eigenvalue weighted by atomic mass is 10.1. The molecule has 1 aromatic heterocycles. The topological polar surface area (TPSA) is 67.2 Å². The molecule has 1 aromatic rings. The first-order valence-corrected chi connectivity index (χ1v) is 7.13. The maximum Gasteiger partial charge on any atom is 0.315 e. The summed E-state index contributed by atoms with van der Waals surface area (Å²) in [5, 5.41) is 9.82. The first-order valence-electron chi connectivity index (χ1n) is 7.13. The lowest BCUT2D eigenvalue weighted by Crippen LogP contribution is -2.41. The van der Waals surface area contributed by atoms with Gasteiger partial charge in [0.05, 0.1) is 5.69 Å². The Morgan fingerprint density at radius 2 is 1.95 bits per heavy atom. The molecule has 1 heterocycles. The number of rotatable bonds is 3. The van der Waals surface area contributed by atoms with Gasteiger partial charge in [-0.25, -0.2) is 4.79 Å². The quantitative estimate of drug-likeness (QED) is 0.826. The van der Waals surface area contributed by atoms with Crippen LogP contribution in [0.5, 0.6) is 0 Å². The normalized spacial score (nSPS) is 16.9. The van der Waals surface area contributed by atoms with Crippen molar-refractivity contribution in [3.63, 3.8) is 0 Å². The largest absolute Gasteiger partial charge is 0.361 e. The van der Waals surface area contributed by atoms with E-state index in [9.17, 15) is 4.79 Å². The fourth-order valence-electron chi connectivity index (χ4n) is 2.58. The van der Waals surface area contributed by atoms with Gasteiger partial charge < -0.3 is 15.2 Å². The van der Waals surface area contributed by atoms with Crippen molar-refractivity contribution >= 4 is 6.03 Å². The number of amides is 2. The van der Waals surface area contributed by atoms with Gasteiger partial charge >= 0.3 is 6.03 Å². The molecule has 1 fully saturated rings. The Labute approximate surface area is 114 Å². The van der Waals surface area contributed by atoms with Gasteiger partial charge in [0.2, 0.25) is 0 Å². The third-order valence-corrected chi connectivity index (χ3v) is 3.80. The monoisotopic (exact) mass is 265 g/mol. The Hall–Kier alpha value is -1.52. The second-order valence-electron chi connectivity index (χ2n) is 5.32. The van der Waals surface area contributed by atoms with Crippen LogP contribution in [0.2, 0.25) is 0 Å². The highest BCUT2D eigenvalue weighted by Crippen LogP contribution is 2.17. The zero-order valence-electron chi connectivity index (χ0n) is 11.8. The lowest BCUT2D eigenvalue weighted by Gasteiger charge is -2.16. The van der Waals surface area contributed by atoms with Crippen molar-refractivity contribution in [2.24, 2.45) is 0 Å². The van der Waals surface area contributed by atoms with Crippen LogP contribution in [0.25, 0.3) is 0 Å². The number of aromatic nitrogens is 1. The summed E-state index contributed by atoms with van der Waals surface area (Å²) in [5.74, 6) is 0.771. The van der Waals surface area contributed by atoms with Crippen LogP contribution < -0.4 is 10.6 Å². The van der Waals surface area contributed by atoms with E-state index in [1.165, 1.54) is 25.7 Å². The third kappa shape index (κ3) is 3.98. The highest BCUT2D eigenvalue weighted by Gasteiger charge is 2.15. The second-order valence-corrected chi connectivity index (χ2v) is 5.32. The van der Waals surface area contributed by atoms with E-state index in [0.717, 1.165) is 29.9 Å². The van der Waals surface area contributed by atoms with E-state index in [1.807, 2.05) is 13.8 Å².